The Bertz CT molecular complexity index is 998. The van der Waals surface area contributed by atoms with E-state index in [1.807, 2.05) is 24.3 Å². The number of hydrogen-bond donors (Lipinski definition) is 2. The highest BCUT2D eigenvalue weighted by Crippen LogP contribution is 2.39. The molecular weight excluding hydrogens is 340 g/mol. The molecule has 0 amide bonds. The molecule has 0 aliphatic heterocycles. The monoisotopic (exact) mass is 364 g/mol. The Morgan fingerprint density at radius 1 is 1.08 bits per heavy atom. The molecule has 0 bridgehead atoms. The standard InChI is InChI=1S/C22H24N2OS/c1-2-25-16-10-11-19-18(14-16)17(8-5-6-12-23)22(24-19)21-13-15-7-3-4-9-20(15)26-21/h3-4,7,9-11,13-14,24H,2,5-6,8,12,23H2,1H3. The summed E-state index contributed by atoms with van der Waals surface area (Å²) < 4.78 is 7.05. The molecule has 4 rings (SSSR count). The molecule has 0 unspecified atom stereocenters. The van der Waals surface area contributed by atoms with Crippen LogP contribution in [0.25, 0.3) is 31.6 Å². The number of aromatic amines is 1. The SMILES string of the molecule is CCOc1ccc2[nH]c(-c3cc4ccccc4s3)c(CCCCN)c2c1. The quantitative estimate of drug-likeness (QED) is 0.411. The maximum Gasteiger partial charge on any atom is 0.120 e. The second kappa shape index (κ2) is 7.52. The van der Waals surface area contributed by atoms with E-state index in [0.717, 1.165) is 31.6 Å². The van der Waals surface area contributed by atoms with Crippen LogP contribution in [0.2, 0.25) is 0 Å². The molecule has 4 heteroatoms. The van der Waals surface area contributed by atoms with Crippen molar-refractivity contribution in [2.75, 3.05) is 13.2 Å². The van der Waals surface area contributed by atoms with E-state index in [-0.39, 0.29) is 0 Å². The topological polar surface area (TPSA) is 51.0 Å². The maximum atomic E-state index is 5.73. The Balaban J connectivity index is 1.84. The van der Waals surface area contributed by atoms with Gasteiger partial charge in [-0.15, -0.1) is 11.3 Å². The second-order valence-electron chi connectivity index (χ2n) is 6.51. The van der Waals surface area contributed by atoms with Gasteiger partial charge in [-0.2, -0.15) is 0 Å². The number of nitrogens with one attached hydrogen (secondary N) is 1. The predicted molar refractivity (Wildman–Crippen MR) is 112 cm³/mol. The average Bonchev–Trinajstić information content (AvgIpc) is 3.23. The van der Waals surface area contributed by atoms with Crippen LogP contribution in [0.3, 0.4) is 0 Å². The van der Waals surface area contributed by atoms with E-state index in [1.165, 1.54) is 37.1 Å². The summed E-state index contributed by atoms with van der Waals surface area (Å²) in [7, 11) is 0. The molecule has 0 saturated heterocycles. The van der Waals surface area contributed by atoms with Gasteiger partial charge in [0.05, 0.1) is 17.2 Å². The summed E-state index contributed by atoms with van der Waals surface area (Å²) in [4.78, 5) is 4.96. The maximum absolute atomic E-state index is 5.73. The predicted octanol–water partition coefficient (Wildman–Crippen LogP) is 5.73. The van der Waals surface area contributed by atoms with Gasteiger partial charge in [-0.3, -0.25) is 0 Å². The van der Waals surface area contributed by atoms with Crippen molar-refractivity contribution >= 4 is 32.3 Å². The summed E-state index contributed by atoms with van der Waals surface area (Å²) in [5, 5.41) is 2.56. The van der Waals surface area contributed by atoms with Crippen LogP contribution in [-0.4, -0.2) is 18.1 Å². The molecule has 4 aromatic rings. The number of thiophene rings is 1. The first-order chi connectivity index (χ1) is 12.8. The molecule has 2 heterocycles. The number of aromatic nitrogens is 1. The number of ether oxygens (including phenoxy) is 1. The Morgan fingerprint density at radius 3 is 2.77 bits per heavy atom. The molecule has 0 aliphatic rings. The third-order valence-electron chi connectivity index (χ3n) is 4.74. The normalized spacial score (nSPS) is 11.5. The smallest absolute Gasteiger partial charge is 0.120 e. The van der Waals surface area contributed by atoms with Crippen molar-refractivity contribution in [3.8, 4) is 16.3 Å². The van der Waals surface area contributed by atoms with E-state index in [4.69, 9.17) is 10.5 Å². The van der Waals surface area contributed by atoms with Gasteiger partial charge in [-0.1, -0.05) is 18.2 Å². The van der Waals surface area contributed by atoms with Crippen molar-refractivity contribution < 1.29 is 4.74 Å². The fraction of sp³-hybridized carbons (Fsp3) is 0.273. The number of rotatable bonds is 7. The van der Waals surface area contributed by atoms with Gasteiger partial charge in [-0.05, 0) is 74.0 Å². The molecule has 134 valence electrons. The largest absolute Gasteiger partial charge is 0.494 e. The number of benzene rings is 2. The zero-order chi connectivity index (χ0) is 17.9. The molecule has 3 nitrogen and oxygen atoms in total. The van der Waals surface area contributed by atoms with Gasteiger partial charge in [0.25, 0.3) is 0 Å². The molecule has 0 saturated carbocycles. The summed E-state index contributed by atoms with van der Waals surface area (Å²) in [5.41, 5.74) is 9.51. The first-order valence-corrected chi connectivity index (χ1v) is 10.1. The molecule has 2 aromatic heterocycles. The third-order valence-corrected chi connectivity index (χ3v) is 5.88. The van der Waals surface area contributed by atoms with E-state index in [0.29, 0.717) is 6.61 Å². The lowest BCUT2D eigenvalue weighted by molar-refractivity contribution is 0.340. The molecule has 0 radical (unpaired) electrons. The Kier molecular flexibility index (Phi) is 4.96. The zero-order valence-corrected chi connectivity index (χ0v) is 15.9. The van der Waals surface area contributed by atoms with Crippen molar-refractivity contribution in [3.05, 3.63) is 54.1 Å². The molecule has 0 atom stereocenters. The minimum atomic E-state index is 0.682. The van der Waals surface area contributed by atoms with Gasteiger partial charge in [0.2, 0.25) is 0 Å². The van der Waals surface area contributed by atoms with Crippen LogP contribution in [-0.2, 0) is 6.42 Å². The highest BCUT2D eigenvalue weighted by molar-refractivity contribution is 7.22. The van der Waals surface area contributed by atoms with Gasteiger partial charge >= 0.3 is 0 Å². The number of unbranched alkanes of at least 4 members (excludes halogenated alkanes) is 1. The van der Waals surface area contributed by atoms with Crippen molar-refractivity contribution in [1.29, 1.82) is 0 Å². The van der Waals surface area contributed by atoms with Crippen LogP contribution in [0.4, 0.5) is 0 Å². The summed E-state index contributed by atoms with van der Waals surface area (Å²) >= 11 is 1.85. The Morgan fingerprint density at radius 2 is 1.96 bits per heavy atom. The van der Waals surface area contributed by atoms with Gasteiger partial charge in [0.15, 0.2) is 0 Å². The second-order valence-corrected chi connectivity index (χ2v) is 7.60. The van der Waals surface area contributed by atoms with Gasteiger partial charge in [-0.25, -0.2) is 0 Å². The fourth-order valence-corrected chi connectivity index (χ4v) is 4.59. The number of H-pyrrole nitrogens is 1. The molecule has 0 spiro atoms. The fourth-order valence-electron chi connectivity index (χ4n) is 3.50. The number of nitrogens with two attached hydrogens (primary N) is 1. The lowest BCUT2D eigenvalue weighted by atomic mass is 10.0. The third kappa shape index (κ3) is 3.22. The first-order valence-electron chi connectivity index (χ1n) is 9.26. The summed E-state index contributed by atoms with van der Waals surface area (Å²) in [6.45, 7) is 3.44. The Labute approximate surface area is 157 Å². The number of fused-ring (bicyclic) bond motifs is 2. The van der Waals surface area contributed by atoms with Crippen LogP contribution in [0, 0.1) is 0 Å². The highest BCUT2D eigenvalue weighted by atomic mass is 32.1. The van der Waals surface area contributed by atoms with Crippen LogP contribution >= 0.6 is 11.3 Å². The van der Waals surface area contributed by atoms with E-state index in [2.05, 4.69) is 47.4 Å². The molecular formula is C22H24N2OS. The molecule has 2 aromatic carbocycles. The van der Waals surface area contributed by atoms with Crippen molar-refractivity contribution in [1.82, 2.24) is 4.98 Å². The van der Waals surface area contributed by atoms with Crippen LogP contribution in [0.1, 0.15) is 25.3 Å². The van der Waals surface area contributed by atoms with Gasteiger partial charge < -0.3 is 15.5 Å². The lowest BCUT2D eigenvalue weighted by Crippen LogP contribution is -1.99. The van der Waals surface area contributed by atoms with Crippen LogP contribution in [0.15, 0.2) is 48.5 Å². The highest BCUT2D eigenvalue weighted by Gasteiger charge is 2.16. The lowest BCUT2D eigenvalue weighted by Gasteiger charge is -2.05. The number of hydrogen-bond acceptors (Lipinski definition) is 3. The summed E-state index contributed by atoms with van der Waals surface area (Å²) in [6, 6.07) is 17.2. The van der Waals surface area contributed by atoms with E-state index in [9.17, 15) is 0 Å². The average molecular weight is 365 g/mol. The molecule has 0 aliphatic carbocycles. The van der Waals surface area contributed by atoms with Crippen molar-refractivity contribution in [2.45, 2.75) is 26.2 Å². The van der Waals surface area contributed by atoms with Crippen molar-refractivity contribution in [3.63, 3.8) is 0 Å². The minimum absolute atomic E-state index is 0.682. The van der Waals surface area contributed by atoms with Crippen LogP contribution < -0.4 is 10.5 Å². The minimum Gasteiger partial charge on any atom is -0.494 e. The zero-order valence-electron chi connectivity index (χ0n) is 15.0. The summed E-state index contributed by atoms with van der Waals surface area (Å²) in [5.74, 6) is 0.932. The van der Waals surface area contributed by atoms with E-state index >= 15 is 0 Å². The van der Waals surface area contributed by atoms with Gasteiger partial charge in [0, 0.05) is 15.6 Å². The van der Waals surface area contributed by atoms with Crippen molar-refractivity contribution in [2.24, 2.45) is 5.73 Å². The molecule has 3 N–H and O–H groups in total. The van der Waals surface area contributed by atoms with Gasteiger partial charge in [0.1, 0.15) is 5.75 Å². The number of aryl methyl sites for hydroxylation is 1. The van der Waals surface area contributed by atoms with E-state index < -0.39 is 0 Å². The first kappa shape index (κ1) is 17.1. The van der Waals surface area contributed by atoms with Crippen LogP contribution in [0.5, 0.6) is 5.75 Å². The molecule has 26 heavy (non-hydrogen) atoms. The van der Waals surface area contributed by atoms with E-state index in [1.54, 1.807) is 0 Å². The summed E-state index contributed by atoms with van der Waals surface area (Å²) in [6.07, 6.45) is 3.17. The Hall–Kier alpha value is -2.30. The molecule has 0 fully saturated rings.